The SMILES string of the molecule is Cc1nc(Oc2ccc(-c3cncs3)cc2)ccc1[N+](=O)[O-]. The first-order chi connectivity index (χ1) is 10.6. The van der Waals surface area contributed by atoms with E-state index in [4.69, 9.17) is 4.74 Å². The average Bonchev–Trinajstić information content (AvgIpc) is 3.02. The highest BCUT2D eigenvalue weighted by atomic mass is 32.1. The molecule has 6 nitrogen and oxygen atoms in total. The lowest BCUT2D eigenvalue weighted by Gasteiger charge is -2.06. The molecule has 2 heterocycles. The fourth-order valence-electron chi connectivity index (χ4n) is 1.95. The van der Waals surface area contributed by atoms with Crippen molar-refractivity contribution in [1.29, 1.82) is 0 Å². The van der Waals surface area contributed by atoms with E-state index >= 15 is 0 Å². The zero-order valence-corrected chi connectivity index (χ0v) is 12.4. The number of aryl methyl sites for hydroxylation is 1. The summed E-state index contributed by atoms with van der Waals surface area (Å²) in [7, 11) is 0. The standard InChI is InChI=1S/C15H11N3O3S/c1-10-13(18(19)20)6-7-15(17-10)21-12-4-2-11(3-5-12)14-8-16-9-22-14/h2-9H,1H3. The normalized spacial score (nSPS) is 10.4. The van der Waals surface area contributed by atoms with Crippen LogP contribution in [0.3, 0.4) is 0 Å². The van der Waals surface area contributed by atoms with Gasteiger partial charge in [0.1, 0.15) is 11.4 Å². The van der Waals surface area contributed by atoms with Crippen LogP contribution in [0.5, 0.6) is 11.6 Å². The van der Waals surface area contributed by atoms with E-state index in [2.05, 4.69) is 9.97 Å². The van der Waals surface area contributed by atoms with Gasteiger partial charge in [0.2, 0.25) is 5.88 Å². The number of rotatable bonds is 4. The third kappa shape index (κ3) is 2.94. The molecule has 0 aliphatic carbocycles. The molecule has 0 saturated carbocycles. The largest absolute Gasteiger partial charge is 0.439 e. The van der Waals surface area contributed by atoms with E-state index in [9.17, 15) is 10.1 Å². The van der Waals surface area contributed by atoms with Crippen molar-refractivity contribution in [1.82, 2.24) is 9.97 Å². The first-order valence-electron chi connectivity index (χ1n) is 6.42. The summed E-state index contributed by atoms with van der Waals surface area (Å²) in [5, 5.41) is 10.8. The summed E-state index contributed by atoms with van der Waals surface area (Å²) in [5.74, 6) is 0.947. The highest BCUT2D eigenvalue weighted by Gasteiger charge is 2.12. The molecule has 0 radical (unpaired) electrons. The van der Waals surface area contributed by atoms with Crippen LogP contribution in [0.2, 0.25) is 0 Å². The number of pyridine rings is 1. The average molecular weight is 313 g/mol. The fourth-order valence-corrected chi connectivity index (χ4v) is 2.58. The quantitative estimate of drug-likeness (QED) is 0.532. The Kier molecular flexibility index (Phi) is 3.80. The minimum atomic E-state index is -0.462. The van der Waals surface area contributed by atoms with Gasteiger partial charge in [-0.05, 0) is 36.8 Å². The lowest BCUT2D eigenvalue weighted by atomic mass is 10.2. The highest BCUT2D eigenvalue weighted by Crippen LogP contribution is 2.28. The lowest BCUT2D eigenvalue weighted by Crippen LogP contribution is -1.96. The predicted molar refractivity (Wildman–Crippen MR) is 83.3 cm³/mol. The fraction of sp³-hybridized carbons (Fsp3) is 0.0667. The third-order valence-corrected chi connectivity index (χ3v) is 3.84. The van der Waals surface area contributed by atoms with E-state index < -0.39 is 4.92 Å². The Labute approximate surface area is 130 Å². The summed E-state index contributed by atoms with van der Waals surface area (Å²) >= 11 is 1.56. The van der Waals surface area contributed by atoms with Crippen LogP contribution in [0.15, 0.2) is 48.1 Å². The molecule has 2 aromatic heterocycles. The van der Waals surface area contributed by atoms with Crippen LogP contribution in [-0.4, -0.2) is 14.9 Å². The van der Waals surface area contributed by atoms with Gasteiger partial charge in [0.05, 0.1) is 15.3 Å². The molecule has 0 amide bonds. The first kappa shape index (κ1) is 14.2. The molecule has 22 heavy (non-hydrogen) atoms. The van der Waals surface area contributed by atoms with Crippen LogP contribution in [-0.2, 0) is 0 Å². The molecule has 0 N–H and O–H groups in total. The van der Waals surface area contributed by atoms with E-state index in [0.29, 0.717) is 17.3 Å². The first-order valence-corrected chi connectivity index (χ1v) is 7.30. The summed E-state index contributed by atoms with van der Waals surface area (Å²) in [6, 6.07) is 10.4. The monoisotopic (exact) mass is 313 g/mol. The van der Waals surface area contributed by atoms with Gasteiger partial charge in [-0.3, -0.25) is 15.1 Å². The molecular weight excluding hydrogens is 302 g/mol. The smallest absolute Gasteiger partial charge is 0.290 e. The molecule has 0 spiro atoms. The van der Waals surface area contributed by atoms with Crippen molar-refractivity contribution in [3.8, 4) is 22.1 Å². The molecule has 7 heteroatoms. The Morgan fingerprint density at radius 3 is 2.55 bits per heavy atom. The van der Waals surface area contributed by atoms with Gasteiger partial charge in [-0.15, -0.1) is 11.3 Å². The molecule has 0 unspecified atom stereocenters. The van der Waals surface area contributed by atoms with Crippen molar-refractivity contribution in [2.75, 3.05) is 0 Å². The molecular formula is C15H11N3O3S. The van der Waals surface area contributed by atoms with Gasteiger partial charge in [0.15, 0.2) is 0 Å². The Bertz CT molecular complexity index is 801. The number of nitro groups is 1. The zero-order valence-electron chi connectivity index (χ0n) is 11.6. The van der Waals surface area contributed by atoms with Crippen molar-refractivity contribution < 1.29 is 9.66 Å². The van der Waals surface area contributed by atoms with Crippen LogP contribution >= 0.6 is 11.3 Å². The Morgan fingerprint density at radius 1 is 1.18 bits per heavy atom. The molecule has 3 aromatic rings. The topological polar surface area (TPSA) is 78.2 Å². The number of nitrogens with zero attached hydrogens (tertiary/aromatic N) is 3. The van der Waals surface area contributed by atoms with Gasteiger partial charge in [0, 0.05) is 18.3 Å². The molecule has 0 fully saturated rings. The second kappa shape index (κ2) is 5.90. The van der Waals surface area contributed by atoms with Crippen molar-refractivity contribution >= 4 is 17.0 Å². The van der Waals surface area contributed by atoms with E-state index in [1.807, 2.05) is 30.5 Å². The van der Waals surface area contributed by atoms with Crippen LogP contribution < -0.4 is 4.74 Å². The molecule has 3 rings (SSSR count). The number of hydrogen-bond acceptors (Lipinski definition) is 6. The maximum Gasteiger partial charge on any atom is 0.290 e. The van der Waals surface area contributed by atoms with Gasteiger partial charge < -0.3 is 4.74 Å². The number of ether oxygens (including phenoxy) is 1. The van der Waals surface area contributed by atoms with Crippen molar-refractivity contribution in [2.45, 2.75) is 6.92 Å². The Balaban J connectivity index is 1.79. The summed E-state index contributed by atoms with van der Waals surface area (Å²) in [6.07, 6.45) is 1.81. The Morgan fingerprint density at radius 2 is 1.95 bits per heavy atom. The van der Waals surface area contributed by atoms with Crippen molar-refractivity contribution in [3.05, 3.63) is 63.9 Å². The molecule has 0 aliphatic heterocycles. The molecule has 110 valence electrons. The number of benzene rings is 1. The van der Waals surface area contributed by atoms with Crippen molar-refractivity contribution in [3.63, 3.8) is 0 Å². The second-order valence-corrected chi connectivity index (χ2v) is 5.39. The van der Waals surface area contributed by atoms with Gasteiger partial charge in [-0.1, -0.05) is 0 Å². The van der Waals surface area contributed by atoms with E-state index in [1.54, 1.807) is 23.8 Å². The molecule has 0 saturated heterocycles. The summed E-state index contributed by atoms with van der Waals surface area (Å²) in [5.41, 5.74) is 3.14. The van der Waals surface area contributed by atoms with Crippen LogP contribution in [0.25, 0.3) is 10.4 Å². The summed E-state index contributed by atoms with van der Waals surface area (Å²) in [4.78, 5) is 19.5. The number of aromatic nitrogens is 2. The maximum absolute atomic E-state index is 10.8. The van der Waals surface area contributed by atoms with Crippen LogP contribution in [0.4, 0.5) is 5.69 Å². The Hall–Kier alpha value is -2.80. The number of thiazole rings is 1. The van der Waals surface area contributed by atoms with E-state index in [-0.39, 0.29) is 5.69 Å². The predicted octanol–water partition coefficient (Wildman–Crippen LogP) is 4.21. The van der Waals surface area contributed by atoms with E-state index in [0.717, 1.165) is 10.4 Å². The van der Waals surface area contributed by atoms with Gasteiger partial charge >= 0.3 is 0 Å². The highest BCUT2D eigenvalue weighted by molar-refractivity contribution is 7.13. The maximum atomic E-state index is 10.8. The molecule has 1 aromatic carbocycles. The molecule has 0 bridgehead atoms. The van der Waals surface area contributed by atoms with Gasteiger partial charge in [0.25, 0.3) is 5.69 Å². The third-order valence-electron chi connectivity index (χ3n) is 3.02. The van der Waals surface area contributed by atoms with Gasteiger partial charge in [-0.25, -0.2) is 4.98 Å². The molecule has 0 atom stereocenters. The summed E-state index contributed by atoms with van der Waals surface area (Å²) < 4.78 is 5.62. The second-order valence-electron chi connectivity index (χ2n) is 4.50. The molecule has 0 aliphatic rings. The minimum absolute atomic E-state index is 0.0205. The van der Waals surface area contributed by atoms with Crippen molar-refractivity contribution in [2.24, 2.45) is 0 Å². The van der Waals surface area contributed by atoms with Gasteiger partial charge in [-0.2, -0.15) is 0 Å². The minimum Gasteiger partial charge on any atom is -0.439 e. The zero-order chi connectivity index (χ0) is 15.5. The summed E-state index contributed by atoms with van der Waals surface area (Å²) in [6.45, 7) is 1.58. The van der Waals surface area contributed by atoms with Crippen LogP contribution in [0.1, 0.15) is 5.69 Å². The van der Waals surface area contributed by atoms with Crippen LogP contribution in [0, 0.1) is 17.0 Å². The lowest BCUT2D eigenvalue weighted by molar-refractivity contribution is -0.385. The number of hydrogen-bond donors (Lipinski definition) is 0. The van der Waals surface area contributed by atoms with E-state index in [1.165, 1.54) is 12.1 Å².